The molecule has 8 nitrogen and oxygen atoms in total. The molecule has 0 amide bonds. The van der Waals surface area contributed by atoms with Gasteiger partial charge in [0.2, 0.25) is 0 Å². The van der Waals surface area contributed by atoms with Crippen molar-refractivity contribution in [1.29, 1.82) is 0 Å². The number of fused-ring (bicyclic) bond motifs is 1. The van der Waals surface area contributed by atoms with Crippen molar-refractivity contribution in [2.75, 3.05) is 52.3 Å². The molecule has 0 unspecified atom stereocenters. The van der Waals surface area contributed by atoms with Gasteiger partial charge in [-0.05, 0) is 53.5 Å². The molecule has 3 rings (SSSR count). The van der Waals surface area contributed by atoms with E-state index in [1.165, 1.54) is 0 Å². The van der Waals surface area contributed by atoms with Crippen molar-refractivity contribution in [3.05, 3.63) is 73.6 Å². The summed E-state index contributed by atoms with van der Waals surface area (Å²) < 4.78 is 37.7. The van der Waals surface area contributed by atoms with Gasteiger partial charge in [-0.1, -0.05) is 54.3 Å². The number of likely N-dealkylation sites (N-methyl/N-ethyl adjacent to an activating group) is 1. The third-order valence-electron chi connectivity index (χ3n) is 5.96. The van der Waals surface area contributed by atoms with Crippen LogP contribution in [-0.4, -0.2) is 65.6 Å². The van der Waals surface area contributed by atoms with Gasteiger partial charge in [-0.25, -0.2) is 8.42 Å². The van der Waals surface area contributed by atoms with Crippen molar-refractivity contribution in [2.45, 2.75) is 31.2 Å². The Morgan fingerprint density at radius 1 is 1.17 bits per heavy atom. The van der Waals surface area contributed by atoms with Crippen molar-refractivity contribution < 1.29 is 17.9 Å². The van der Waals surface area contributed by atoms with Crippen molar-refractivity contribution in [3.8, 4) is 0 Å². The Hall–Kier alpha value is -1.84. The lowest BCUT2D eigenvalue weighted by Gasteiger charge is -2.33. The lowest BCUT2D eigenvalue weighted by Crippen LogP contribution is -2.31. The van der Waals surface area contributed by atoms with Crippen LogP contribution in [0, 0.1) is 5.41 Å². The van der Waals surface area contributed by atoms with Crippen molar-refractivity contribution >= 4 is 33.0 Å². The van der Waals surface area contributed by atoms with E-state index in [9.17, 15) is 8.42 Å². The SMILES string of the molecule is CN1Cc2c(Cl)cc(Cl)cc2[C@H](c2cccc(S(=O)(=O)CC(C)(C)COCCOCCN=[N+]=[N-])c2)C1. The Morgan fingerprint density at radius 3 is 2.67 bits per heavy atom. The Labute approximate surface area is 223 Å². The first-order valence-corrected chi connectivity index (χ1v) is 14.1. The first kappa shape index (κ1) is 28.7. The zero-order chi connectivity index (χ0) is 26.3. The molecule has 36 heavy (non-hydrogen) atoms. The Balaban J connectivity index is 1.69. The topological polar surface area (TPSA) is 105 Å². The van der Waals surface area contributed by atoms with Gasteiger partial charge in [0.1, 0.15) is 0 Å². The molecule has 0 saturated carbocycles. The van der Waals surface area contributed by atoms with E-state index in [1.807, 2.05) is 33.0 Å². The Bertz CT molecular complexity index is 1220. The number of benzene rings is 2. The zero-order valence-electron chi connectivity index (χ0n) is 20.8. The number of sulfone groups is 1. The third kappa shape index (κ3) is 7.83. The molecule has 0 saturated heterocycles. The molecule has 1 heterocycles. The molecule has 2 aromatic carbocycles. The largest absolute Gasteiger partial charge is 0.379 e. The fourth-order valence-electron chi connectivity index (χ4n) is 4.41. The first-order valence-electron chi connectivity index (χ1n) is 11.7. The Kier molecular flexibility index (Phi) is 10.1. The maximum Gasteiger partial charge on any atom is 0.178 e. The average molecular weight is 556 g/mol. The molecule has 0 fully saturated rings. The van der Waals surface area contributed by atoms with Crippen LogP contribution in [-0.2, 0) is 25.9 Å². The quantitative estimate of drug-likeness (QED) is 0.144. The molecular formula is C25H32Cl2N4O4S. The Morgan fingerprint density at radius 2 is 1.92 bits per heavy atom. The molecule has 0 aliphatic carbocycles. The summed E-state index contributed by atoms with van der Waals surface area (Å²) in [4.78, 5) is 5.12. The molecule has 11 heteroatoms. The van der Waals surface area contributed by atoms with Crippen LogP contribution >= 0.6 is 23.2 Å². The van der Waals surface area contributed by atoms with Gasteiger partial charge in [0.25, 0.3) is 0 Å². The standard InChI is InChI=1S/C25H32Cl2N4O4S/c1-25(2,16-35-10-9-34-8-7-29-30-28)17-36(32,33)20-6-4-5-18(11-20)22-14-31(3)15-23-21(22)12-19(26)13-24(23)27/h4-6,11-13,22H,7-10,14-17H2,1-3H3/t22-/m0/s1. The number of halogens is 2. The molecule has 0 bridgehead atoms. The highest BCUT2D eigenvalue weighted by Gasteiger charge is 2.30. The highest BCUT2D eigenvalue weighted by Crippen LogP contribution is 2.39. The number of azide groups is 1. The van der Waals surface area contributed by atoms with Crippen LogP contribution in [0.1, 0.15) is 36.5 Å². The normalized spacial score (nSPS) is 16.4. The van der Waals surface area contributed by atoms with Gasteiger partial charge in [-0.15, -0.1) is 0 Å². The smallest absolute Gasteiger partial charge is 0.178 e. The predicted octanol–water partition coefficient (Wildman–Crippen LogP) is 5.71. The summed E-state index contributed by atoms with van der Waals surface area (Å²) in [7, 11) is -1.54. The molecule has 2 aromatic rings. The van der Waals surface area contributed by atoms with Crippen molar-refractivity contribution in [1.82, 2.24) is 4.90 Å². The predicted molar refractivity (Wildman–Crippen MR) is 143 cm³/mol. The molecular weight excluding hydrogens is 523 g/mol. The maximum absolute atomic E-state index is 13.4. The molecule has 196 valence electrons. The van der Waals surface area contributed by atoms with E-state index in [0.29, 0.717) is 36.4 Å². The fraction of sp³-hybridized carbons (Fsp3) is 0.520. The van der Waals surface area contributed by atoms with Crippen LogP contribution in [0.3, 0.4) is 0 Å². The summed E-state index contributed by atoms with van der Waals surface area (Å²) in [6.07, 6.45) is 0. The number of hydrogen-bond donors (Lipinski definition) is 0. The summed E-state index contributed by atoms with van der Waals surface area (Å²) in [5.41, 5.74) is 10.6. The maximum atomic E-state index is 13.4. The minimum absolute atomic E-state index is 0.0414. The van der Waals surface area contributed by atoms with Gasteiger partial charge in [0.05, 0.1) is 37.1 Å². The van der Waals surface area contributed by atoms with E-state index in [4.69, 9.17) is 38.2 Å². The van der Waals surface area contributed by atoms with E-state index >= 15 is 0 Å². The molecule has 0 aromatic heterocycles. The number of nitrogens with zero attached hydrogens (tertiary/aromatic N) is 4. The number of ether oxygens (including phenoxy) is 2. The molecule has 0 N–H and O–H groups in total. The molecule has 0 radical (unpaired) electrons. The monoisotopic (exact) mass is 554 g/mol. The lowest BCUT2D eigenvalue weighted by atomic mass is 9.85. The minimum atomic E-state index is -3.57. The van der Waals surface area contributed by atoms with E-state index in [0.717, 1.165) is 23.2 Å². The van der Waals surface area contributed by atoms with E-state index in [2.05, 4.69) is 14.9 Å². The average Bonchev–Trinajstić information content (AvgIpc) is 2.80. The zero-order valence-corrected chi connectivity index (χ0v) is 23.1. The molecule has 1 aliphatic heterocycles. The second-order valence-electron chi connectivity index (χ2n) is 9.82. The van der Waals surface area contributed by atoms with E-state index in [-0.39, 0.29) is 29.7 Å². The minimum Gasteiger partial charge on any atom is -0.379 e. The van der Waals surface area contributed by atoms with Crippen molar-refractivity contribution in [3.63, 3.8) is 0 Å². The summed E-state index contributed by atoms with van der Waals surface area (Å²) in [5, 5.41) is 4.59. The van der Waals surface area contributed by atoms with Gasteiger partial charge in [0.15, 0.2) is 9.84 Å². The van der Waals surface area contributed by atoms with Gasteiger partial charge in [-0.3, -0.25) is 0 Å². The lowest BCUT2D eigenvalue weighted by molar-refractivity contribution is 0.0221. The van der Waals surface area contributed by atoms with E-state index < -0.39 is 15.3 Å². The molecule has 1 aliphatic rings. The second-order valence-corrected chi connectivity index (χ2v) is 12.7. The first-order chi connectivity index (χ1) is 17.0. The van der Waals surface area contributed by atoms with Crippen LogP contribution in [0.2, 0.25) is 10.0 Å². The summed E-state index contributed by atoms with van der Waals surface area (Å²) in [6, 6.07) is 10.8. The number of rotatable bonds is 12. The van der Waals surface area contributed by atoms with Crippen LogP contribution in [0.4, 0.5) is 0 Å². The summed E-state index contributed by atoms with van der Waals surface area (Å²) >= 11 is 12.8. The highest BCUT2D eigenvalue weighted by molar-refractivity contribution is 7.91. The highest BCUT2D eigenvalue weighted by atomic mass is 35.5. The summed E-state index contributed by atoms with van der Waals surface area (Å²) in [5.74, 6) is -0.0969. The molecule has 1 atom stereocenters. The van der Waals surface area contributed by atoms with Gasteiger partial charge < -0.3 is 14.4 Å². The van der Waals surface area contributed by atoms with Gasteiger partial charge in [0, 0.05) is 45.9 Å². The van der Waals surface area contributed by atoms with Gasteiger partial charge in [-0.2, -0.15) is 0 Å². The third-order valence-corrected chi connectivity index (χ3v) is 8.65. The van der Waals surface area contributed by atoms with Crippen LogP contribution in [0.5, 0.6) is 0 Å². The van der Waals surface area contributed by atoms with Crippen LogP contribution < -0.4 is 0 Å². The second kappa shape index (κ2) is 12.6. The van der Waals surface area contributed by atoms with Crippen molar-refractivity contribution in [2.24, 2.45) is 10.5 Å². The molecule has 0 spiro atoms. The van der Waals surface area contributed by atoms with Crippen LogP contribution in [0.15, 0.2) is 46.4 Å². The van der Waals surface area contributed by atoms with Gasteiger partial charge >= 0.3 is 0 Å². The van der Waals surface area contributed by atoms with Crippen LogP contribution in [0.25, 0.3) is 10.4 Å². The fourth-order valence-corrected chi connectivity index (χ4v) is 6.86. The summed E-state index contributed by atoms with van der Waals surface area (Å²) in [6.45, 7) is 6.71. The van der Waals surface area contributed by atoms with E-state index in [1.54, 1.807) is 24.3 Å². The number of hydrogen-bond acceptors (Lipinski definition) is 6.